The van der Waals surface area contributed by atoms with Crippen molar-refractivity contribution < 1.29 is 9.47 Å². The highest BCUT2D eigenvalue weighted by atomic mass is 32.1. The lowest BCUT2D eigenvalue weighted by Gasteiger charge is -2.07. The van der Waals surface area contributed by atoms with E-state index in [1.54, 1.807) is 18.3 Å². The summed E-state index contributed by atoms with van der Waals surface area (Å²) in [4.78, 5) is 4.46. The van der Waals surface area contributed by atoms with Crippen molar-refractivity contribution in [3.8, 4) is 17.4 Å². The van der Waals surface area contributed by atoms with Gasteiger partial charge in [0.2, 0.25) is 5.88 Å². The van der Waals surface area contributed by atoms with Crippen LogP contribution in [0.4, 0.5) is 0 Å². The van der Waals surface area contributed by atoms with Crippen molar-refractivity contribution in [1.82, 2.24) is 4.98 Å². The maximum Gasteiger partial charge on any atom is 0.219 e. The van der Waals surface area contributed by atoms with Crippen LogP contribution >= 0.6 is 12.2 Å². The zero-order valence-corrected chi connectivity index (χ0v) is 11.3. The number of pyridine rings is 1. The summed E-state index contributed by atoms with van der Waals surface area (Å²) in [5.41, 5.74) is 6.22. The first-order chi connectivity index (χ1) is 9.19. The van der Waals surface area contributed by atoms with Crippen LogP contribution in [0.5, 0.6) is 17.4 Å². The first-order valence-electron chi connectivity index (χ1n) is 5.85. The van der Waals surface area contributed by atoms with Crippen LogP contribution in [-0.4, -0.2) is 16.6 Å². The van der Waals surface area contributed by atoms with Gasteiger partial charge in [0.05, 0.1) is 6.61 Å². The van der Waals surface area contributed by atoms with E-state index < -0.39 is 0 Å². The number of thiocarbonyl (C=S) groups is 1. The fraction of sp³-hybridized carbons (Fsp3) is 0.143. The van der Waals surface area contributed by atoms with Crippen molar-refractivity contribution in [2.24, 2.45) is 5.73 Å². The van der Waals surface area contributed by atoms with E-state index in [-0.39, 0.29) is 0 Å². The Balaban J connectivity index is 2.12. The van der Waals surface area contributed by atoms with Gasteiger partial charge in [-0.05, 0) is 25.1 Å². The molecule has 0 atom stereocenters. The maximum absolute atomic E-state index is 5.62. The predicted octanol–water partition coefficient (Wildman–Crippen LogP) is 2.91. The van der Waals surface area contributed by atoms with E-state index in [1.807, 2.05) is 31.2 Å². The fourth-order valence-electron chi connectivity index (χ4n) is 1.50. The normalized spacial score (nSPS) is 9.95. The van der Waals surface area contributed by atoms with E-state index in [9.17, 15) is 0 Å². The molecule has 0 aliphatic carbocycles. The Morgan fingerprint density at radius 1 is 1.26 bits per heavy atom. The third-order valence-corrected chi connectivity index (χ3v) is 2.60. The Hall–Kier alpha value is -2.14. The summed E-state index contributed by atoms with van der Waals surface area (Å²) in [6.07, 6.45) is 1.59. The van der Waals surface area contributed by atoms with Crippen LogP contribution in [0.2, 0.25) is 0 Å². The van der Waals surface area contributed by atoms with Gasteiger partial charge in [0.1, 0.15) is 16.5 Å². The second-order valence-corrected chi connectivity index (χ2v) is 4.20. The van der Waals surface area contributed by atoms with E-state index in [0.29, 0.717) is 28.8 Å². The fourth-order valence-corrected chi connectivity index (χ4v) is 1.62. The number of hydrogen-bond donors (Lipinski definition) is 1. The lowest BCUT2D eigenvalue weighted by molar-refractivity contribution is 0.338. The van der Waals surface area contributed by atoms with Crippen molar-refractivity contribution in [1.29, 1.82) is 0 Å². The average Bonchev–Trinajstić information content (AvgIpc) is 2.40. The molecular weight excluding hydrogens is 260 g/mol. The molecule has 0 bridgehead atoms. The third kappa shape index (κ3) is 3.66. The molecule has 5 heteroatoms. The molecule has 2 aromatic rings. The molecule has 1 heterocycles. The highest BCUT2D eigenvalue weighted by Gasteiger charge is 2.02. The molecule has 0 radical (unpaired) electrons. The first-order valence-corrected chi connectivity index (χ1v) is 6.26. The molecule has 1 aromatic carbocycles. The van der Waals surface area contributed by atoms with Crippen molar-refractivity contribution >= 4 is 17.2 Å². The molecule has 0 saturated carbocycles. The number of ether oxygens (including phenoxy) is 2. The summed E-state index contributed by atoms with van der Waals surface area (Å²) in [5.74, 6) is 1.91. The largest absolute Gasteiger partial charge is 0.494 e. The molecule has 4 nitrogen and oxygen atoms in total. The van der Waals surface area contributed by atoms with E-state index in [1.165, 1.54) is 0 Å². The van der Waals surface area contributed by atoms with Gasteiger partial charge >= 0.3 is 0 Å². The number of rotatable bonds is 5. The maximum atomic E-state index is 5.62. The molecule has 2 N–H and O–H groups in total. The summed E-state index contributed by atoms with van der Waals surface area (Å²) in [6, 6.07) is 10.9. The molecule has 0 saturated heterocycles. The van der Waals surface area contributed by atoms with Gasteiger partial charge in [0.25, 0.3) is 0 Å². The van der Waals surface area contributed by atoms with Crippen molar-refractivity contribution in [3.63, 3.8) is 0 Å². The van der Waals surface area contributed by atoms with E-state index in [0.717, 1.165) is 5.75 Å². The quantitative estimate of drug-likeness (QED) is 0.850. The monoisotopic (exact) mass is 274 g/mol. The molecule has 0 amide bonds. The Bertz CT molecular complexity index is 570. The Morgan fingerprint density at radius 2 is 2.05 bits per heavy atom. The zero-order valence-electron chi connectivity index (χ0n) is 10.5. The van der Waals surface area contributed by atoms with Gasteiger partial charge < -0.3 is 15.2 Å². The van der Waals surface area contributed by atoms with Gasteiger partial charge in [-0.3, -0.25) is 0 Å². The van der Waals surface area contributed by atoms with Crippen molar-refractivity contribution in [2.45, 2.75) is 6.92 Å². The van der Waals surface area contributed by atoms with Crippen LogP contribution in [0.3, 0.4) is 0 Å². The highest BCUT2D eigenvalue weighted by molar-refractivity contribution is 7.80. The molecular formula is C14H14N2O2S. The summed E-state index contributed by atoms with van der Waals surface area (Å²) in [5, 5.41) is 0. The first kappa shape index (κ1) is 13.3. The molecule has 1 aromatic heterocycles. The summed E-state index contributed by atoms with van der Waals surface area (Å²) in [7, 11) is 0. The smallest absolute Gasteiger partial charge is 0.219 e. The van der Waals surface area contributed by atoms with Crippen LogP contribution in [-0.2, 0) is 0 Å². The van der Waals surface area contributed by atoms with Gasteiger partial charge in [0.15, 0.2) is 0 Å². The summed E-state index contributed by atoms with van der Waals surface area (Å²) in [6.45, 7) is 2.55. The van der Waals surface area contributed by atoms with Gasteiger partial charge in [0, 0.05) is 23.9 Å². The van der Waals surface area contributed by atoms with Crippen LogP contribution in [0.15, 0.2) is 42.6 Å². The number of aromatic nitrogens is 1. The molecule has 0 aliphatic heterocycles. The second kappa shape index (κ2) is 6.15. The molecule has 0 fully saturated rings. The minimum absolute atomic E-state index is 0.317. The van der Waals surface area contributed by atoms with Crippen LogP contribution < -0.4 is 15.2 Å². The highest BCUT2D eigenvalue weighted by Crippen LogP contribution is 2.24. The second-order valence-electron chi connectivity index (χ2n) is 3.76. The lowest BCUT2D eigenvalue weighted by atomic mass is 10.3. The predicted molar refractivity (Wildman–Crippen MR) is 77.8 cm³/mol. The Morgan fingerprint density at radius 3 is 2.68 bits per heavy atom. The summed E-state index contributed by atoms with van der Waals surface area (Å²) < 4.78 is 11.0. The Kier molecular flexibility index (Phi) is 4.30. The van der Waals surface area contributed by atoms with Crippen LogP contribution in [0.1, 0.15) is 12.5 Å². The number of hydrogen-bond acceptors (Lipinski definition) is 4. The van der Waals surface area contributed by atoms with E-state index in [2.05, 4.69) is 4.98 Å². The summed E-state index contributed by atoms with van der Waals surface area (Å²) >= 11 is 4.86. The minimum Gasteiger partial charge on any atom is -0.494 e. The molecule has 0 spiro atoms. The number of benzene rings is 1. The average molecular weight is 274 g/mol. The minimum atomic E-state index is 0.317. The van der Waals surface area contributed by atoms with Gasteiger partial charge in [-0.15, -0.1) is 0 Å². The topological polar surface area (TPSA) is 57.4 Å². The van der Waals surface area contributed by atoms with Gasteiger partial charge in [-0.1, -0.05) is 18.3 Å². The van der Waals surface area contributed by atoms with Crippen molar-refractivity contribution in [3.05, 3.63) is 48.2 Å². The van der Waals surface area contributed by atoms with Crippen molar-refractivity contribution in [2.75, 3.05) is 6.61 Å². The molecule has 0 aliphatic rings. The SMILES string of the molecule is CCOc1cccc(Oc2ccc(C(N)=S)cn2)c1. The number of nitrogens with zero attached hydrogens (tertiary/aromatic N) is 1. The molecule has 19 heavy (non-hydrogen) atoms. The van der Waals surface area contributed by atoms with Gasteiger partial charge in [-0.2, -0.15) is 0 Å². The van der Waals surface area contributed by atoms with Gasteiger partial charge in [-0.25, -0.2) is 4.98 Å². The van der Waals surface area contributed by atoms with Crippen LogP contribution in [0, 0.1) is 0 Å². The Labute approximate surface area is 117 Å². The van der Waals surface area contributed by atoms with Crippen LogP contribution in [0.25, 0.3) is 0 Å². The van der Waals surface area contributed by atoms with E-state index >= 15 is 0 Å². The molecule has 0 unspecified atom stereocenters. The van der Waals surface area contributed by atoms with E-state index in [4.69, 9.17) is 27.4 Å². The molecule has 2 rings (SSSR count). The lowest BCUT2D eigenvalue weighted by Crippen LogP contribution is -2.09. The molecule has 98 valence electrons. The number of nitrogens with two attached hydrogens (primary N) is 1. The zero-order chi connectivity index (χ0) is 13.7. The standard InChI is InChI=1S/C14H14N2O2S/c1-2-17-11-4-3-5-12(8-11)18-13-7-6-10(9-16-13)14(15)19/h3-9H,2H2,1H3,(H2,15,19). The third-order valence-electron chi connectivity index (χ3n) is 2.36.